The van der Waals surface area contributed by atoms with E-state index in [9.17, 15) is 0 Å². The molecule has 0 atom stereocenters. The monoisotopic (exact) mass is 234 g/mol. The summed E-state index contributed by atoms with van der Waals surface area (Å²) < 4.78 is 1.84. The zero-order valence-electron chi connectivity index (χ0n) is 9.13. The first-order valence-electron chi connectivity index (χ1n) is 5.11. The van der Waals surface area contributed by atoms with Gasteiger partial charge in [0.1, 0.15) is 0 Å². The molecule has 2 N–H and O–H groups in total. The molecule has 16 heavy (non-hydrogen) atoms. The van der Waals surface area contributed by atoms with Gasteiger partial charge in [0, 0.05) is 10.6 Å². The maximum atomic E-state index is 5.62. The molecule has 0 spiro atoms. The van der Waals surface area contributed by atoms with Crippen molar-refractivity contribution >= 4 is 17.6 Å². The quantitative estimate of drug-likeness (QED) is 0.822. The van der Waals surface area contributed by atoms with Crippen LogP contribution in [0.15, 0.2) is 35.2 Å². The lowest BCUT2D eigenvalue weighted by Gasteiger charge is -2.03. The van der Waals surface area contributed by atoms with E-state index in [0.717, 1.165) is 18.0 Å². The molecule has 2 rings (SSSR count). The van der Waals surface area contributed by atoms with Crippen LogP contribution in [-0.2, 0) is 6.54 Å². The molecule has 0 amide bonds. The van der Waals surface area contributed by atoms with E-state index in [1.807, 2.05) is 29.8 Å². The van der Waals surface area contributed by atoms with Gasteiger partial charge in [-0.05, 0) is 19.1 Å². The summed E-state index contributed by atoms with van der Waals surface area (Å²) in [6.07, 6.45) is 0. The first-order valence-corrected chi connectivity index (χ1v) is 6.09. The minimum atomic E-state index is 0.518. The van der Waals surface area contributed by atoms with E-state index < -0.39 is 0 Å². The van der Waals surface area contributed by atoms with Crippen LogP contribution in [0.1, 0.15) is 5.69 Å². The van der Waals surface area contributed by atoms with E-state index in [-0.39, 0.29) is 0 Å². The second-order valence-electron chi connectivity index (χ2n) is 3.44. The number of anilines is 1. The first kappa shape index (κ1) is 11.0. The van der Waals surface area contributed by atoms with Crippen LogP contribution in [0.3, 0.4) is 0 Å². The molecule has 2 aromatic rings. The molecular weight excluding hydrogens is 220 g/mol. The van der Waals surface area contributed by atoms with Crippen molar-refractivity contribution in [2.75, 3.05) is 11.5 Å². The van der Waals surface area contributed by atoms with Gasteiger partial charge in [0.15, 0.2) is 5.82 Å². The number of hydrogen-bond acceptors (Lipinski definition) is 4. The summed E-state index contributed by atoms with van der Waals surface area (Å²) in [4.78, 5) is 1.27. The number of aryl methyl sites for hydroxylation is 1. The lowest BCUT2D eigenvalue weighted by Crippen LogP contribution is -2.05. The summed E-state index contributed by atoms with van der Waals surface area (Å²) in [5.74, 6) is 1.48. The van der Waals surface area contributed by atoms with Gasteiger partial charge in [-0.3, -0.25) is 0 Å². The standard InChI is InChI=1S/C11H14N4S/c1-9-11(12)13-14-15(9)7-8-16-10-5-3-2-4-6-10/h2-6H,7-8,12H2,1H3. The van der Waals surface area contributed by atoms with Gasteiger partial charge in [-0.1, -0.05) is 23.4 Å². The molecule has 84 valence electrons. The number of nitrogens with zero attached hydrogens (tertiary/aromatic N) is 3. The number of nitrogen functional groups attached to an aromatic ring is 1. The van der Waals surface area contributed by atoms with Gasteiger partial charge in [-0.15, -0.1) is 16.9 Å². The van der Waals surface area contributed by atoms with Gasteiger partial charge >= 0.3 is 0 Å². The normalized spacial score (nSPS) is 10.6. The molecule has 0 fully saturated rings. The Hall–Kier alpha value is -1.49. The number of nitrogens with two attached hydrogens (primary N) is 1. The van der Waals surface area contributed by atoms with Gasteiger partial charge in [0.05, 0.1) is 12.2 Å². The maximum Gasteiger partial charge on any atom is 0.168 e. The number of aromatic nitrogens is 3. The first-order chi connectivity index (χ1) is 7.77. The van der Waals surface area contributed by atoms with Crippen molar-refractivity contribution in [1.29, 1.82) is 0 Å². The summed E-state index contributed by atoms with van der Waals surface area (Å²) in [6.45, 7) is 2.76. The van der Waals surface area contributed by atoms with Crippen molar-refractivity contribution in [2.24, 2.45) is 0 Å². The predicted octanol–water partition coefficient (Wildman–Crippen LogP) is 1.96. The topological polar surface area (TPSA) is 56.7 Å². The Morgan fingerprint density at radius 3 is 2.69 bits per heavy atom. The minimum Gasteiger partial charge on any atom is -0.381 e. The van der Waals surface area contributed by atoms with Gasteiger partial charge in [-0.2, -0.15) is 0 Å². The third-order valence-corrected chi connectivity index (χ3v) is 3.33. The van der Waals surface area contributed by atoms with Crippen LogP contribution in [0.25, 0.3) is 0 Å². The Kier molecular flexibility index (Phi) is 3.46. The molecule has 0 aliphatic carbocycles. The summed E-state index contributed by atoms with van der Waals surface area (Å²) in [5.41, 5.74) is 6.56. The molecule has 0 aliphatic heterocycles. The van der Waals surface area contributed by atoms with Crippen molar-refractivity contribution < 1.29 is 0 Å². The number of thioether (sulfide) groups is 1. The molecule has 5 heteroatoms. The Morgan fingerprint density at radius 1 is 1.31 bits per heavy atom. The smallest absolute Gasteiger partial charge is 0.168 e. The molecule has 1 aromatic carbocycles. The summed E-state index contributed by atoms with van der Waals surface area (Å²) in [6, 6.07) is 10.3. The molecule has 0 saturated carbocycles. The molecule has 1 heterocycles. The van der Waals surface area contributed by atoms with Gasteiger partial charge < -0.3 is 5.73 Å². The van der Waals surface area contributed by atoms with Crippen molar-refractivity contribution in [3.63, 3.8) is 0 Å². The minimum absolute atomic E-state index is 0.518. The molecular formula is C11H14N4S. The SMILES string of the molecule is Cc1c(N)nnn1CCSc1ccccc1. The van der Waals surface area contributed by atoms with Crippen LogP contribution < -0.4 is 5.73 Å². The maximum absolute atomic E-state index is 5.62. The predicted molar refractivity (Wildman–Crippen MR) is 66.3 cm³/mol. The summed E-state index contributed by atoms with van der Waals surface area (Å²) >= 11 is 1.80. The Bertz CT molecular complexity index is 452. The van der Waals surface area contributed by atoms with E-state index in [1.165, 1.54) is 4.90 Å². The highest BCUT2D eigenvalue weighted by Gasteiger charge is 2.03. The van der Waals surface area contributed by atoms with Crippen molar-refractivity contribution in [3.8, 4) is 0 Å². The fourth-order valence-electron chi connectivity index (χ4n) is 1.35. The average molecular weight is 234 g/mol. The highest BCUT2D eigenvalue weighted by Crippen LogP contribution is 2.17. The average Bonchev–Trinajstić information content (AvgIpc) is 2.62. The third kappa shape index (κ3) is 2.55. The fraction of sp³-hybridized carbons (Fsp3) is 0.273. The van der Waals surface area contributed by atoms with Crippen LogP contribution in [0.5, 0.6) is 0 Å². The molecule has 0 saturated heterocycles. The highest BCUT2D eigenvalue weighted by molar-refractivity contribution is 7.99. The highest BCUT2D eigenvalue weighted by atomic mass is 32.2. The lowest BCUT2D eigenvalue weighted by atomic mass is 10.4. The van der Waals surface area contributed by atoms with Crippen LogP contribution in [0, 0.1) is 6.92 Å². The Labute approximate surface area is 98.8 Å². The van der Waals surface area contributed by atoms with Gasteiger partial charge in [0.2, 0.25) is 0 Å². The second kappa shape index (κ2) is 5.03. The third-order valence-electron chi connectivity index (χ3n) is 2.33. The molecule has 0 bridgehead atoms. The van der Waals surface area contributed by atoms with E-state index in [0.29, 0.717) is 5.82 Å². The van der Waals surface area contributed by atoms with Gasteiger partial charge in [0.25, 0.3) is 0 Å². The van der Waals surface area contributed by atoms with Crippen LogP contribution in [-0.4, -0.2) is 20.7 Å². The molecule has 0 radical (unpaired) electrons. The zero-order valence-corrected chi connectivity index (χ0v) is 9.94. The Morgan fingerprint density at radius 2 is 2.06 bits per heavy atom. The number of rotatable bonds is 4. The largest absolute Gasteiger partial charge is 0.381 e. The fourth-order valence-corrected chi connectivity index (χ4v) is 2.20. The summed E-state index contributed by atoms with van der Waals surface area (Å²) in [7, 11) is 0. The lowest BCUT2D eigenvalue weighted by molar-refractivity contribution is 0.616. The van der Waals surface area contributed by atoms with E-state index >= 15 is 0 Å². The molecule has 0 unspecified atom stereocenters. The van der Waals surface area contributed by atoms with Crippen molar-refractivity contribution in [3.05, 3.63) is 36.0 Å². The summed E-state index contributed by atoms with van der Waals surface area (Å²) in [5, 5.41) is 7.80. The van der Waals surface area contributed by atoms with E-state index in [1.54, 1.807) is 11.8 Å². The zero-order chi connectivity index (χ0) is 11.4. The van der Waals surface area contributed by atoms with Crippen molar-refractivity contribution in [2.45, 2.75) is 18.4 Å². The number of hydrogen-bond donors (Lipinski definition) is 1. The molecule has 4 nitrogen and oxygen atoms in total. The second-order valence-corrected chi connectivity index (χ2v) is 4.61. The number of benzene rings is 1. The van der Waals surface area contributed by atoms with Crippen LogP contribution in [0.2, 0.25) is 0 Å². The molecule has 0 aliphatic rings. The molecule has 1 aromatic heterocycles. The van der Waals surface area contributed by atoms with E-state index in [2.05, 4.69) is 22.4 Å². The Balaban J connectivity index is 1.87. The van der Waals surface area contributed by atoms with E-state index in [4.69, 9.17) is 5.73 Å². The van der Waals surface area contributed by atoms with Crippen molar-refractivity contribution in [1.82, 2.24) is 15.0 Å². The van der Waals surface area contributed by atoms with Crippen LogP contribution in [0.4, 0.5) is 5.82 Å². The van der Waals surface area contributed by atoms with Crippen LogP contribution >= 0.6 is 11.8 Å². The van der Waals surface area contributed by atoms with Gasteiger partial charge in [-0.25, -0.2) is 4.68 Å².